The van der Waals surface area contributed by atoms with Crippen molar-refractivity contribution < 1.29 is 8.42 Å². The van der Waals surface area contributed by atoms with Gasteiger partial charge in [-0.3, -0.25) is 0 Å². The predicted molar refractivity (Wildman–Crippen MR) is 73.4 cm³/mol. The molecule has 3 N–H and O–H groups in total. The van der Waals surface area contributed by atoms with Gasteiger partial charge in [0.25, 0.3) is 0 Å². The van der Waals surface area contributed by atoms with Gasteiger partial charge in [0, 0.05) is 16.7 Å². The largest absolute Gasteiger partial charge is 0.398 e. The van der Waals surface area contributed by atoms with Crippen molar-refractivity contribution in [2.24, 2.45) is 0 Å². The SMILES string of the molecule is CCCCNS(=O)(=O)c1cc(Br)cc(N)c1C. The fourth-order valence-electron chi connectivity index (χ4n) is 1.41. The fourth-order valence-corrected chi connectivity index (χ4v) is 3.41. The highest BCUT2D eigenvalue weighted by Crippen LogP contribution is 2.26. The lowest BCUT2D eigenvalue weighted by Crippen LogP contribution is -2.25. The monoisotopic (exact) mass is 320 g/mol. The van der Waals surface area contributed by atoms with Gasteiger partial charge in [0.2, 0.25) is 10.0 Å². The molecule has 0 spiro atoms. The second-order valence-corrected chi connectivity index (χ2v) is 6.52. The number of hydrogen-bond donors (Lipinski definition) is 2. The van der Waals surface area contributed by atoms with Gasteiger partial charge in [0.05, 0.1) is 4.90 Å². The van der Waals surface area contributed by atoms with Crippen LogP contribution in [0.3, 0.4) is 0 Å². The van der Waals surface area contributed by atoms with Crippen LogP contribution in [0.15, 0.2) is 21.5 Å². The number of nitrogens with two attached hydrogens (primary N) is 1. The van der Waals surface area contributed by atoms with Gasteiger partial charge in [-0.1, -0.05) is 29.3 Å². The number of unbranched alkanes of at least 4 members (excludes halogenated alkanes) is 1. The molecule has 0 amide bonds. The second kappa shape index (κ2) is 5.84. The highest BCUT2D eigenvalue weighted by molar-refractivity contribution is 9.10. The quantitative estimate of drug-likeness (QED) is 0.646. The summed E-state index contributed by atoms with van der Waals surface area (Å²) in [7, 11) is -3.47. The van der Waals surface area contributed by atoms with Crippen molar-refractivity contribution >= 4 is 31.6 Å². The molecular weight excluding hydrogens is 304 g/mol. The average molecular weight is 321 g/mol. The molecule has 0 bridgehead atoms. The number of halogens is 1. The van der Waals surface area contributed by atoms with E-state index in [9.17, 15) is 8.42 Å². The first-order valence-electron chi connectivity index (χ1n) is 5.43. The number of sulfonamides is 1. The van der Waals surface area contributed by atoms with E-state index in [2.05, 4.69) is 20.7 Å². The predicted octanol–water partition coefficient (Wildman–Crippen LogP) is 2.42. The molecule has 1 rings (SSSR count). The van der Waals surface area contributed by atoms with E-state index < -0.39 is 10.0 Å². The molecule has 1 aromatic rings. The summed E-state index contributed by atoms with van der Waals surface area (Å²) in [6, 6.07) is 3.26. The second-order valence-electron chi connectivity index (χ2n) is 3.87. The Labute approximate surface area is 111 Å². The lowest BCUT2D eigenvalue weighted by molar-refractivity contribution is 0.578. The van der Waals surface area contributed by atoms with Crippen LogP contribution in [-0.2, 0) is 10.0 Å². The maximum Gasteiger partial charge on any atom is 0.240 e. The maximum absolute atomic E-state index is 12.0. The van der Waals surface area contributed by atoms with E-state index in [0.717, 1.165) is 12.8 Å². The Bertz CT molecular complexity index is 500. The topological polar surface area (TPSA) is 72.2 Å². The molecule has 96 valence electrons. The molecule has 0 saturated carbocycles. The molecule has 0 fully saturated rings. The number of nitrogens with one attached hydrogen (secondary N) is 1. The zero-order valence-corrected chi connectivity index (χ0v) is 12.4. The van der Waals surface area contributed by atoms with Gasteiger partial charge >= 0.3 is 0 Å². The lowest BCUT2D eigenvalue weighted by Gasteiger charge is -2.11. The van der Waals surface area contributed by atoms with Crippen LogP contribution in [0.2, 0.25) is 0 Å². The minimum Gasteiger partial charge on any atom is -0.398 e. The Morgan fingerprint density at radius 3 is 2.65 bits per heavy atom. The third-order valence-corrected chi connectivity index (χ3v) is 4.52. The Hall–Kier alpha value is -0.590. The van der Waals surface area contributed by atoms with Gasteiger partial charge in [-0.25, -0.2) is 13.1 Å². The third kappa shape index (κ3) is 3.69. The summed E-state index contributed by atoms with van der Waals surface area (Å²) in [4.78, 5) is 0.237. The van der Waals surface area contributed by atoms with Crippen molar-refractivity contribution in [1.82, 2.24) is 4.72 Å². The van der Waals surface area contributed by atoms with E-state index in [4.69, 9.17) is 5.73 Å². The van der Waals surface area contributed by atoms with E-state index in [1.807, 2.05) is 6.92 Å². The zero-order chi connectivity index (χ0) is 13.1. The van der Waals surface area contributed by atoms with Crippen LogP contribution in [0.25, 0.3) is 0 Å². The highest BCUT2D eigenvalue weighted by Gasteiger charge is 2.18. The minimum absolute atomic E-state index is 0.237. The Morgan fingerprint density at radius 1 is 1.41 bits per heavy atom. The van der Waals surface area contributed by atoms with Gasteiger partial charge in [-0.05, 0) is 31.0 Å². The number of benzene rings is 1. The van der Waals surface area contributed by atoms with Crippen LogP contribution in [-0.4, -0.2) is 15.0 Å². The first-order valence-corrected chi connectivity index (χ1v) is 7.71. The molecule has 0 aliphatic heterocycles. The number of nitrogen functional groups attached to an aromatic ring is 1. The zero-order valence-electron chi connectivity index (χ0n) is 9.96. The summed E-state index contributed by atoms with van der Waals surface area (Å²) in [5.41, 5.74) is 6.80. The van der Waals surface area contributed by atoms with Gasteiger partial charge in [0.1, 0.15) is 0 Å². The van der Waals surface area contributed by atoms with Gasteiger partial charge in [-0.15, -0.1) is 0 Å². The molecule has 0 aromatic heterocycles. The third-order valence-electron chi connectivity index (χ3n) is 2.48. The molecule has 0 heterocycles. The number of hydrogen-bond acceptors (Lipinski definition) is 3. The molecule has 4 nitrogen and oxygen atoms in total. The van der Waals surface area contributed by atoms with E-state index in [1.165, 1.54) is 0 Å². The molecule has 17 heavy (non-hydrogen) atoms. The van der Waals surface area contributed by atoms with E-state index in [1.54, 1.807) is 19.1 Å². The minimum atomic E-state index is -3.47. The lowest BCUT2D eigenvalue weighted by atomic mass is 10.2. The van der Waals surface area contributed by atoms with E-state index in [-0.39, 0.29) is 4.90 Å². The Balaban J connectivity index is 3.06. The van der Waals surface area contributed by atoms with Crippen LogP contribution >= 0.6 is 15.9 Å². The van der Waals surface area contributed by atoms with Crippen LogP contribution in [0, 0.1) is 6.92 Å². The van der Waals surface area contributed by atoms with Crippen LogP contribution in [0.4, 0.5) is 5.69 Å². The Morgan fingerprint density at radius 2 is 2.06 bits per heavy atom. The molecule has 0 aliphatic carbocycles. The van der Waals surface area contributed by atoms with Crippen LogP contribution in [0.5, 0.6) is 0 Å². The first kappa shape index (κ1) is 14.5. The number of anilines is 1. The summed E-state index contributed by atoms with van der Waals surface area (Å²) < 4.78 is 27.3. The van der Waals surface area contributed by atoms with Crippen molar-refractivity contribution in [3.8, 4) is 0 Å². The fraction of sp³-hybridized carbons (Fsp3) is 0.455. The molecule has 0 unspecified atom stereocenters. The van der Waals surface area contributed by atoms with Gasteiger partial charge in [0.15, 0.2) is 0 Å². The Kier molecular flexibility index (Phi) is 4.97. The van der Waals surface area contributed by atoms with Crippen molar-refractivity contribution in [3.05, 3.63) is 22.2 Å². The normalized spacial score (nSPS) is 11.7. The van der Waals surface area contributed by atoms with Crippen LogP contribution in [0.1, 0.15) is 25.3 Å². The van der Waals surface area contributed by atoms with Crippen LogP contribution < -0.4 is 10.5 Å². The molecule has 0 atom stereocenters. The molecule has 0 saturated heterocycles. The summed E-state index contributed by atoms with van der Waals surface area (Å²) in [5, 5.41) is 0. The highest BCUT2D eigenvalue weighted by atomic mass is 79.9. The molecule has 0 radical (unpaired) electrons. The maximum atomic E-state index is 12.0. The molecule has 6 heteroatoms. The summed E-state index contributed by atoms with van der Waals surface area (Å²) in [5.74, 6) is 0. The average Bonchev–Trinajstić information content (AvgIpc) is 2.23. The van der Waals surface area contributed by atoms with Crippen molar-refractivity contribution in [1.29, 1.82) is 0 Å². The molecular formula is C11H17BrN2O2S. The summed E-state index contributed by atoms with van der Waals surface area (Å²) in [6.45, 7) is 4.16. The first-order chi connectivity index (χ1) is 7.88. The standard InChI is InChI=1S/C11H17BrN2O2S/c1-3-4-5-14-17(15,16)11-7-9(12)6-10(13)8(11)2/h6-7,14H,3-5,13H2,1-2H3. The summed E-state index contributed by atoms with van der Waals surface area (Å²) >= 11 is 3.25. The van der Waals surface area contributed by atoms with Crippen molar-refractivity contribution in [3.63, 3.8) is 0 Å². The van der Waals surface area contributed by atoms with E-state index in [0.29, 0.717) is 22.3 Å². The van der Waals surface area contributed by atoms with Crippen molar-refractivity contribution in [2.45, 2.75) is 31.6 Å². The molecule has 0 aliphatic rings. The smallest absolute Gasteiger partial charge is 0.240 e. The van der Waals surface area contributed by atoms with E-state index >= 15 is 0 Å². The van der Waals surface area contributed by atoms with Gasteiger partial charge < -0.3 is 5.73 Å². The van der Waals surface area contributed by atoms with Gasteiger partial charge in [-0.2, -0.15) is 0 Å². The number of rotatable bonds is 5. The molecule has 1 aromatic carbocycles. The van der Waals surface area contributed by atoms with Crippen molar-refractivity contribution in [2.75, 3.05) is 12.3 Å². The summed E-state index contributed by atoms with van der Waals surface area (Å²) in [6.07, 6.45) is 1.77.